The second-order valence-electron chi connectivity index (χ2n) is 4.26. The Morgan fingerprint density at radius 1 is 1.50 bits per heavy atom. The molecule has 0 fully saturated rings. The zero-order chi connectivity index (χ0) is 11.3. The van der Waals surface area contributed by atoms with E-state index in [0.717, 1.165) is 18.0 Å². The smallest absolute Gasteiger partial charge is 0.0897 e. The molecule has 0 aliphatic rings. The van der Waals surface area contributed by atoms with Gasteiger partial charge in [-0.2, -0.15) is 0 Å². The van der Waals surface area contributed by atoms with Crippen molar-refractivity contribution in [3.05, 3.63) is 16.1 Å². The quantitative estimate of drug-likeness (QED) is 0.829. The van der Waals surface area contributed by atoms with E-state index in [9.17, 15) is 5.11 Å². The van der Waals surface area contributed by atoms with E-state index in [1.54, 1.807) is 11.3 Å². The summed E-state index contributed by atoms with van der Waals surface area (Å²) in [4.78, 5) is 5.40. The number of halogens is 1. The number of aliphatic hydroxyl groups excluding tert-OH is 1. The van der Waals surface area contributed by atoms with Crippen LogP contribution in [-0.2, 0) is 6.54 Å². The summed E-state index contributed by atoms with van der Waals surface area (Å²) in [6.07, 6.45) is 2.51. The predicted molar refractivity (Wildman–Crippen MR) is 71.3 cm³/mol. The summed E-state index contributed by atoms with van der Waals surface area (Å²) in [6, 6.07) is 0. The summed E-state index contributed by atoms with van der Waals surface area (Å²) < 4.78 is 0. The van der Waals surface area contributed by atoms with Crippen LogP contribution in [0.5, 0.6) is 0 Å². The lowest BCUT2D eigenvalue weighted by Gasteiger charge is -2.13. The van der Waals surface area contributed by atoms with Gasteiger partial charge in [0.15, 0.2) is 0 Å². The number of aliphatic hydroxyl groups is 1. The number of thiazole rings is 1. The molecule has 5 heteroatoms. The third-order valence-electron chi connectivity index (χ3n) is 2.09. The summed E-state index contributed by atoms with van der Waals surface area (Å²) in [5, 5.41) is 14.0. The van der Waals surface area contributed by atoms with Gasteiger partial charge in [-0.25, -0.2) is 4.98 Å². The Bertz CT molecular complexity index is 291. The minimum absolute atomic E-state index is 0. The van der Waals surface area contributed by atoms with E-state index in [1.165, 1.54) is 4.88 Å². The van der Waals surface area contributed by atoms with Gasteiger partial charge in [-0.3, -0.25) is 0 Å². The minimum atomic E-state index is -0.237. The molecule has 1 unspecified atom stereocenters. The highest BCUT2D eigenvalue weighted by molar-refractivity contribution is 7.11. The SMILES string of the molecule is Cc1ncc(CNCC(O)CC(C)C)s1.Cl. The lowest BCUT2D eigenvalue weighted by molar-refractivity contribution is 0.146. The molecule has 0 radical (unpaired) electrons. The molecule has 0 aliphatic carbocycles. The van der Waals surface area contributed by atoms with Gasteiger partial charge in [0.25, 0.3) is 0 Å². The van der Waals surface area contributed by atoms with Crippen molar-refractivity contribution >= 4 is 23.7 Å². The fourth-order valence-corrected chi connectivity index (χ4v) is 2.24. The van der Waals surface area contributed by atoms with Crippen molar-refractivity contribution in [2.24, 2.45) is 5.92 Å². The molecule has 3 nitrogen and oxygen atoms in total. The molecule has 0 aliphatic heterocycles. The summed E-state index contributed by atoms with van der Waals surface area (Å²) in [6.45, 7) is 7.71. The molecule has 1 atom stereocenters. The van der Waals surface area contributed by atoms with Crippen LogP contribution in [0.1, 0.15) is 30.2 Å². The van der Waals surface area contributed by atoms with Crippen molar-refractivity contribution < 1.29 is 5.11 Å². The van der Waals surface area contributed by atoms with E-state index in [4.69, 9.17) is 0 Å². The average molecular weight is 265 g/mol. The van der Waals surface area contributed by atoms with Crippen molar-refractivity contribution in [1.82, 2.24) is 10.3 Å². The summed E-state index contributed by atoms with van der Waals surface area (Å²) in [7, 11) is 0. The van der Waals surface area contributed by atoms with Gasteiger partial charge in [-0.1, -0.05) is 13.8 Å². The number of nitrogens with one attached hydrogen (secondary N) is 1. The van der Waals surface area contributed by atoms with E-state index in [1.807, 2.05) is 13.1 Å². The second-order valence-corrected chi connectivity index (χ2v) is 5.58. The fourth-order valence-electron chi connectivity index (χ4n) is 1.48. The maximum Gasteiger partial charge on any atom is 0.0897 e. The van der Waals surface area contributed by atoms with E-state index in [2.05, 4.69) is 24.1 Å². The highest BCUT2D eigenvalue weighted by Crippen LogP contribution is 2.11. The lowest BCUT2D eigenvalue weighted by Crippen LogP contribution is -2.27. The predicted octanol–water partition coefficient (Wildman–Crippen LogP) is 2.37. The van der Waals surface area contributed by atoms with E-state index < -0.39 is 0 Å². The molecule has 2 N–H and O–H groups in total. The van der Waals surface area contributed by atoms with Crippen molar-refractivity contribution in [1.29, 1.82) is 0 Å². The van der Waals surface area contributed by atoms with Crippen LogP contribution < -0.4 is 5.32 Å². The number of aryl methyl sites for hydroxylation is 1. The van der Waals surface area contributed by atoms with Gasteiger partial charge >= 0.3 is 0 Å². The van der Waals surface area contributed by atoms with Gasteiger partial charge in [0.1, 0.15) is 0 Å². The van der Waals surface area contributed by atoms with Crippen LogP contribution >= 0.6 is 23.7 Å². The van der Waals surface area contributed by atoms with Crippen LogP contribution in [0.3, 0.4) is 0 Å². The third-order valence-corrected chi connectivity index (χ3v) is 3.00. The van der Waals surface area contributed by atoms with Gasteiger partial charge in [0.05, 0.1) is 11.1 Å². The van der Waals surface area contributed by atoms with Crippen molar-refractivity contribution in [2.75, 3.05) is 6.54 Å². The first-order valence-corrected chi connectivity index (χ1v) is 6.19. The van der Waals surface area contributed by atoms with Gasteiger partial charge in [-0.05, 0) is 19.3 Å². The first-order valence-electron chi connectivity index (χ1n) is 5.38. The van der Waals surface area contributed by atoms with Crippen LogP contribution in [0.25, 0.3) is 0 Å². The Morgan fingerprint density at radius 2 is 2.19 bits per heavy atom. The molecule has 16 heavy (non-hydrogen) atoms. The van der Waals surface area contributed by atoms with Crippen molar-refractivity contribution in [3.63, 3.8) is 0 Å². The maximum absolute atomic E-state index is 9.63. The van der Waals surface area contributed by atoms with Crippen molar-refractivity contribution in [3.8, 4) is 0 Å². The summed E-state index contributed by atoms with van der Waals surface area (Å²) in [5.41, 5.74) is 0. The van der Waals surface area contributed by atoms with E-state index in [0.29, 0.717) is 12.5 Å². The maximum atomic E-state index is 9.63. The number of nitrogens with zero attached hydrogens (tertiary/aromatic N) is 1. The Hall–Kier alpha value is -0.160. The molecule has 1 aromatic heterocycles. The minimum Gasteiger partial charge on any atom is -0.392 e. The topological polar surface area (TPSA) is 45.2 Å². The Kier molecular flexibility index (Phi) is 7.93. The lowest BCUT2D eigenvalue weighted by atomic mass is 10.1. The monoisotopic (exact) mass is 264 g/mol. The first kappa shape index (κ1) is 15.8. The molecule has 1 aromatic rings. The number of hydrogen-bond acceptors (Lipinski definition) is 4. The zero-order valence-corrected chi connectivity index (χ0v) is 11.7. The Morgan fingerprint density at radius 3 is 2.69 bits per heavy atom. The highest BCUT2D eigenvalue weighted by Gasteiger charge is 2.06. The molecular formula is C11H21ClN2OS. The van der Waals surface area contributed by atoms with Crippen LogP contribution in [0.2, 0.25) is 0 Å². The van der Waals surface area contributed by atoms with Gasteiger partial charge in [0.2, 0.25) is 0 Å². The standard InChI is InChI=1S/C11H20N2OS.ClH/c1-8(2)4-10(14)5-12-6-11-7-13-9(3)15-11;/h7-8,10,12,14H,4-6H2,1-3H3;1H. The van der Waals surface area contributed by atoms with Crippen LogP contribution in [-0.4, -0.2) is 22.7 Å². The second kappa shape index (κ2) is 8.01. The van der Waals surface area contributed by atoms with Crippen LogP contribution in [0.15, 0.2) is 6.20 Å². The number of rotatable bonds is 6. The third kappa shape index (κ3) is 6.43. The van der Waals surface area contributed by atoms with Gasteiger partial charge in [0, 0.05) is 24.2 Å². The zero-order valence-electron chi connectivity index (χ0n) is 10.1. The van der Waals surface area contributed by atoms with Gasteiger partial charge in [-0.15, -0.1) is 23.7 Å². The molecule has 0 spiro atoms. The van der Waals surface area contributed by atoms with E-state index in [-0.39, 0.29) is 18.5 Å². The highest BCUT2D eigenvalue weighted by atomic mass is 35.5. The molecule has 0 bridgehead atoms. The largest absolute Gasteiger partial charge is 0.392 e. The normalized spacial score (nSPS) is 12.6. The molecule has 0 aromatic carbocycles. The fraction of sp³-hybridized carbons (Fsp3) is 0.727. The van der Waals surface area contributed by atoms with Crippen LogP contribution in [0.4, 0.5) is 0 Å². The molecular weight excluding hydrogens is 244 g/mol. The summed E-state index contributed by atoms with van der Waals surface area (Å²) in [5.74, 6) is 0.549. The molecule has 0 saturated carbocycles. The molecule has 0 amide bonds. The van der Waals surface area contributed by atoms with Gasteiger partial charge < -0.3 is 10.4 Å². The average Bonchev–Trinajstić information content (AvgIpc) is 2.50. The molecule has 94 valence electrons. The van der Waals surface area contributed by atoms with E-state index >= 15 is 0 Å². The molecule has 1 rings (SSSR count). The molecule has 1 heterocycles. The van der Waals surface area contributed by atoms with Crippen molar-refractivity contribution in [2.45, 2.75) is 39.8 Å². The number of hydrogen-bond donors (Lipinski definition) is 2. The Balaban J connectivity index is 0.00000225. The molecule has 0 saturated heterocycles. The van der Waals surface area contributed by atoms with Crippen LogP contribution in [0, 0.1) is 12.8 Å². The Labute approximate surface area is 108 Å². The first-order chi connectivity index (χ1) is 7.08. The number of aromatic nitrogens is 1. The summed E-state index contributed by atoms with van der Waals surface area (Å²) >= 11 is 1.70.